The Hall–Kier alpha value is -1.97. The van der Waals surface area contributed by atoms with E-state index in [2.05, 4.69) is 0 Å². The summed E-state index contributed by atoms with van der Waals surface area (Å²) in [7, 11) is 0. The molecule has 2 aliphatic rings. The minimum absolute atomic E-state index is 0.109. The maximum atomic E-state index is 13.2. The van der Waals surface area contributed by atoms with Crippen molar-refractivity contribution in [2.45, 2.75) is 49.7 Å². The molecule has 2 N–H and O–H groups in total. The third-order valence-electron chi connectivity index (χ3n) is 5.71. The monoisotopic (exact) mass is 322 g/mol. The fourth-order valence-corrected chi connectivity index (χ4v) is 3.88. The number of carbonyl (C=O) groups excluding carboxylic acids is 1. The molecule has 3 heteroatoms. The molecule has 2 saturated carbocycles. The van der Waals surface area contributed by atoms with Crippen LogP contribution in [0, 0.1) is 0 Å². The van der Waals surface area contributed by atoms with Crippen LogP contribution in [0.1, 0.15) is 65.6 Å². The smallest absolute Gasteiger partial charge is 0.193 e. The van der Waals surface area contributed by atoms with Gasteiger partial charge in [0.1, 0.15) is 0 Å². The number of carbonyl (C=O) groups is 1. The van der Waals surface area contributed by atoms with Crippen LogP contribution in [0.4, 0.5) is 0 Å². The molecule has 0 saturated heterocycles. The molecular formula is C21H22O3. The maximum Gasteiger partial charge on any atom is 0.193 e. The van der Waals surface area contributed by atoms with Crippen molar-refractivity contribution in [1.29, 1.82) is 0 Å². The SMILES string of the molecule is O=C(c1ccccc1C1(O)CCC1)c1ccccc1C1(O)CCC1. The van der Waals surface area contributed by atoms with E-state index in [1.807, 2.05) is 36.4 Å². The van der Waals surface area contributed by atoms with Crippen molar-refractivity contribution in [2.24, 2.45) is 0 Å². The van der Waals surface area contributed by atoms with Gasteiger partial charge in [-0.3, -0.25) is 4.79 Å². The van der Waals surface area contributed by atoms with Crippen LogP contribution >= 0.6 is 0 Å². The molecule has 0 heterocycles. The van der Waals surface area contributed by atoms with Gasteiger partial charge in [0, 0.05) is 11.1 Å². The van der Waals surface area contributed by atoms with Crippen molar-refractivity contribution < 1.29 is 15.0 Å². The Labute approximate surface area is 142 Å². The molecule has 0 spiro atoms. The van der Waals surface area contributed by atoms with Gasteiger partial charge < -0.3 is 10.2 Å². The second kappa shape index (κ2) is 5.54. The third-order valence-corrected chi connectivity index (χ3v) is 5.71. The minimum atomic E-state index is -0.880. The molecule has 2 aromatic rings. The summed E-state index contributed by atoms with van der Waals surface area (Å²) in [6.45, 7) is 0. The van der Waals surface area contributed by atoms with Gasteiger partial charge in [-0.15, -0.1) is 0 Å². The predicted molar refractivity (Wildman–Crippen MR) is 91.8 cm³/mol. The lowest BCUT2D eigenvalue weighted by Gasteiger charge is -2.39. The second-order valence-electron chi connectivity index (χ2n) is 7.19. The molecule has 0 aliphatic heterocycles. The van der Waals surface area contributed by atoms with Crippen molar-refractivity contribution in [3.8, 4) is 0 Å². The quantitative estimate of drug-likeness (QED) is 0.845. The third kappa shape index (κ3) is 2.31. The summed E-state index contributed by atoms with van der Waals surface area (Å²) in [6, 6.07) is 14.7. The van der Waals surface area contributed by atoms with Gasteiger partial charge in [0.15, 0.2) is 5.78 Å². The molecule has 3 nitrogen and oxygen atoms in total. The summed E-state index contributed by atoms with van der Waals surface area (Å²) in [4.78, 5) is 13.2. The van der Waals surface area contributed by atoms with E-state index < -0.39 is 11.2 Å². The van der Waals surface area contributed by atoms with E-state index in [-0.39, 0.29) is 5.78 Å². The van der Waals surface area contributed by atoms with Crippen LogP contribution in [0.3, 0.4) is 0 Å². The lowest BCUT2D eigenvalue weighted by atomic mass is 9.71. The van der Waals surface area contributed by atoms with E-state index in [4.69, 9.17) is 0 Å². The Bertz CT molecular complexity index is 720. The van der Waals surface area contributed by atoms with Crippen LogP contribution in [-0.2, 0) is 11.2 Å². The van der Waals surface area contributed by atoms with Crippen LogP contribution in [0.5, 0.6) is 0 Å². The molecule has 24 heavy (non-hydrogen) atoms. The zero-order chi connectivity index (χ0) is 16.8. The number of ketones is 1. The molecule has 0 amide bonds. The Balaban J connectivity index is 1.79. The highest BCUT2D eigenvalue weighted by atomic mass is 16.3. The molecule has 0 aromatic heterocycles. The average molecular weight is 322 g/mol. The molecule has 2 fully saturated rings. The van der Waals surface area contributed by atoms with Crippen molar-refractivity contribution in [1.82, 2.24) is 0 Å². The topological polar surface area (TPSA) is 57.5 Å². The largest absolute Gasteiger partial charge is 0.385 e. The van der Waals surface area contributed by atoms with Crippen molar-refractivity contribution in [3.63, 3.8) is 0 Å². The van der Waals surface area contributed by atoms with E-state index in [9.17, 15) is 15.0 Å². The van der Waals surface area contributed by atoms with Gasteiger partial charge >= 0.3 is 0 Å². The van der Waals surface area contributed by atoms with Crippen LogP contribution < -0.4 is 0 Å². The zero-order valence-corrected chi connectivity index (χ0v) is 13.7. The van der Waals surface area contributed by atoms with Crippen LogP contribution in [0.25, 0.3) is 0 Å². The van der Waals surface area contributed by atoms with Gasteiger partial charge in [0.25, 0.3) is 0 Å². The van der Waals surface area contributed by atoms with Crippen LogP contribution in [-0.4, -0.2) is 16.0 Å². The Morgan fingerprint density at radius 2 is 1.08 bits per heavy atom. The van der Waals surface area contributed by atoms with E-state index in [1.54, 1.807) is 12.1 Å². The molecule has 4 rings (SSSR count). The fraction of sp³-hybridized carbons (Fsp3) is 0.381. The molecule has 0 atom stereocenters. The predicted octanol–water partition coefficient (Wildman–Crippen LogP) is 3.66. The summed E-state index contributed by atoms with van der Waals surface area (Å²) in [5.41, 5.74) is 0.779. The average Bonchev–Trinajstić information content (AvgIpc) is 2.57. The van der Waals surface area contributed by atoms with Crippen LogP contribution in [0.15, 0.2) is 48.5 Å². The van der Waals surface area contributed by atoms with Gasteiger partial charge in [-0.1, -0.05) is 48.5 Å². The number of aliphatic hydroxyl groups is 2. The summed E-state index contributed by atoms with van der Waals surface area (Å²) in [6.07, 6.45) is 4.75. The molecule has 124 valence electrons. The summed E-state index contributed by atoms with van der Waals surface area (Å²) in [5, 5.41) is 21.5. The first-order valence-corrected chi connectivity index (χ1v) is 8.72. The second-order valence-corrected chi connectivity index (χ2v) is 7.19. The highest BCUT2D eigenvalue weighted by Crippen LogP contribution is 2.45. The number of hydrogen-bond acceptors (Lipinski definition) is 3. The van der Waals surface area contributed by atoms with Gasteiger partial charge in [-0.25, -0.2) is 0 Å². The van der Waals surface area contributed by atoms with Crippen molar-refractivity contribution in [2.75, 3.05) is 0 Å². The first kappa shape index (κ1) is 15.6. The first-order valence-electron chi connectivity index (χ1n) is 8.72. The Morgan fingerprint density at radius 1 is 0.708 bits per heavy atom. The molecule has 0 unspecified atom stereocenters. The Morgan fingerprint density at radius 3 is 1.42 bits per heavy atom. The normalized spacial score (nSPS) is 20.8. The minimum Gasteiger partial charge on any atom is -0.385 e. The molecule has 2 aromatic carbocycles. The number of rotatable bonds is 4. The van der Waals surface area contributed by atoms with Gasteiger partial charge in [0.2, 0.25) is 0 Å². The highest BCUT2D eigenvalue weighted by molar-refractivity contribution is 6.11. The van der Waals surface area contributed by atoms with E-state index >= 15 is 0 Å². The maximum absolute atomic E-state index is 13.2. The number of hydrogen-bond donors (Lipinski definition) is 2. The fourth-order valence-electron chi connectivity index (χ4n) is 3.88. The molecule has 0 bridgehead atoms. The molecule has 0 radical (unpaired) electrons. The first-order chi connectivity index (χ1) is 11.5. The lowest BCUT2D eigenvalue weighted by Crippen LogP contribution is -2.37. The van der Waals surface area contributed by atoms with Crippen LogP contribution in [0.2, 0.25) is 0 Å². The van der Waals surface area contributed by atoms with E-state index in [1.165, 1.54) is 0 Å². The zero-order valence-electron chi connectivity index (χ0n) is 13.7. The van der Waals surface area contributed by atoms with Gasteiger partial charge in [0.05, 0.1) is 11.2 Å². The lowest BCUT2D eigenvalue weighted by molar-refractivity contribution is -0.0397. The number of benzene rings is 2. The Kier molecular flexibility index (Phi) is 3.59. The molecular weight excluding hydrogens is 300 g/mol. The van der Waals surface area contributed by atoms with E-state index in [0.29, 0.717) is 36.8 Å². The summed E-state index contributed by atoms with van der Waals surface area (Å²) in [5.74, 6) is -0.109. The highest BCUT2D eigenvalue weighted by Gasteiger charge is 2.41. The summed E-state index contributed by atoms with van der Waals surface area (Å²) < 4.78 is 0. The molecule has 2 aliphatic carbocycles. The van der Waals surface area contributed by atoms with Gasteiger partial charge in [-0.2, -0.15) is 0 Å². The van der Waals surface area contributed by atoms with Gasteiger partial charge in [-0.05, 0) is 49.7 Å². The standard InChI is InChI=1S/C21H22O3/c22-19(15-7-1-3-9-17(15)20(23)11-5-12-20)16-8-2-4-10-18(16)21(24)13-6-14-21/h1-4,7-10,23-24H,5-6,11-14H2. The van der Waals surface area contributed by atoms with Crippen molar-refractivity contribution in [3.05, 3.63) is 70.8 Å². The summed E-state index contributed by atoms with van der Waals surface area (Å²) >= 11 is 0. The van der Waals surface area contributed by atoms with E-state index in [0.717, 1.165) is 24.0 Å². The van der Waals surface area contributed by atoms with Crippen molar-refractivity contribution >= 4 is 5.78 Å².